The molecule has 56 heavy (non-hydrogen) atoms. The molecule has 0 saturated heterocycles. The number of hydrogen-bond acceptors (Lipinski definition) is 31. The number of ether oxygens (including phenoxy) is 2. The van der Waals surface area contributed by atoms with Crippen molar-refractivity contribution in [3.05, 3.63) is 0 Å². The molecular formula is C17H26N2O31P6-12. The fourth-order valence-electron chi connectivity index (χ4n) is 5.10. The number of carbonyl (C=O) groups is 1. The van der Waals surface area contributed by atoms with Crippen molar-refractivity contribution in [2.24, 2.45) is 0 Å². The fraction of sp³-hybridized carbons (Fsp3) is 0.941. The normalized spacial score (nSPS) is 32.6. The number of aliphatic hydroxyl groups excluding tert-OH is 4. The van der Waals surface area contributed by atoms with Gasteiger partial charge in [0.2, 0.25) is 0 Å². The molecule has 33 nitrogen and oxygen atoms in total. The minimum Gasteiger partial charge on any atom is -0.790 e. The van der Waals surface area contributed by atoms with Crippen LogP contribution in [0.1, 0.15) is 0 Å². The second-order valence-electron chi connectivity index (χ2n) is 10.9. The molecule has 12 atom stereocenters. The Morgan fingerprint density at radius 2 is 0.571 bits per heavy atom. The molecule has 0 unspecified atom stereocenters. The molecule has 0 radical (unpaired) electrons. The topological polar surface area (TPSA) is 575 Å². The van der Waals surface area contributed by atoms with Gasteiger partial charge in [0.1, 0.15) is 73.2 Å². The Kier molecular flexibility index (Phi) is 18.5. The number of aliphatic hydroxyl groups is 4. The van der Waals surface area contributed by atoms with Gasteiger partial charge in [0.25, 0.3) is 0 Å². The molecule has 39 heteroatoms. The average molecular weight is 940 g/mol. The maximum Gasteiger partial charge on any atom is 0.314 e. The molecule has 0 bridgehead atoms. The van der Waals surface area contributed by atoms with Gasteiger partial charge in [-0.15, -0.1) is 0 Å². The number of carbonyl (C=O) groups excluding carboxylic acids is 1. The zero-order valence-electron chi connectivity index (χ0n) is 26.8. The molecule has 2 fully saturated rings. The lowest BCUT2D eigenvalue weighted by atomic mass is 9.85. The highest BCUT2D eigenvalue weighted by Crippen LogP contribution is 2.45. The van der Waals surface area contributed by atoms with Gasteiger partial charge in [-0.05, 0) is 0 Å². The Bertz CT molecular complexity index is 1490. The van der Waals surface area contributed by atoms with E-state index in [9.17, 15) is 111 Å². The van der Waals surface area contributed by atoms with Crippen LogP contribution in [0.5, 0.6) is 0 Å². The lowest BCUT2D eigenvalue weighted by Gasteiger charge is -2.52. The highest BCUT2D eigenvalue weighted by atomic mass is 31.2. The van der Waals surface area contributed by atoms with E-state index in [1.807, 2.05) is 10.6 Å². The summed E-state index contributed by atoms with van der Waals surface area (Å²) in [5.74, 6) is 0. The van der Waals surface area contributed by atoms with Gasteiger partial charge in [0.05, 0.1) is 60.1 Å². The molecular weight excluding hydrogens is 914 g/mol. The molecule has 332 valence electrons. The molecule has 6 N–H and O–H groups in total. The fourth-order valence-corrected chi connectivity index (χ4v) is 8.36. The quantitative estimate of drug-likeness (QED) is 0.0487. The number of hydrogen-bond donors (Lipinski definition) is 6. The first kappa shape index (κ1) is 51.8. The summed E-state index contributed by atoms with van der Waals surface area (Å²) in [6, 6.07) is -1.23. The summed E-state index contributed by atoms with van der Waals surface area (Å²) in [5, 5.41) is 45.9. The Hall–Kier alpha value is -0.310. The largest absolute Gasteiger partial charge is 0.790 e. The summed E-state index contributed by atoms with van der Waals surface area (Å²) in [7, 11) is -37.5. The summed E-state index contributed by atoms with van der Waals surface area (Å²) in [5.41, 5.74) is 0. The molecule has 0 heterocycles. The van der Waals surface area contributed by atoms with E-state index in [1.54, 1.807) is 0 Å². The Labute approximate surface area is 311 Å². The summed E-state index contributed by atoms with van der Waals surface area (Å²) in [6.07, 6.45) is -33.0. The van der Waals surface area contributed by atoms with Crippen molar-refractivity contribution >= 4 is 53.0 Å². The summed E-state index contributed by atoms with van der Waals surface area (Å²) in [6.45, 7) is -3.35. The Balaban J connectivity index is 2.11. The summed E-state index contributed by atoms with van der Waals surface area (Å²) in [4.78, 5) is 147. The Morgan fingerprint density at radius 3 is 0.768 bits per heavy atom. The van der Waals surface area contributed by atoms with Crippen LogP contribution in [0.2, 0.25) is 0 Å². The van der Waals surface area contributed by atoms with Crippen LogP contribution in [-0.4, -0.2) is 126 Å². The van der Waals surface area contributed by atoms with Crippen LogP contribution < -0.4 is 69.4 Å². The van der Waals surface area contributed by atoms with Crippen LogP contribution in [0.3, 0.4) is 0 Å². The van der Waals surface area contributed by atoms with Crippen molar-refractivity contribution in [1.29, 1.82) is 0 Å². The number of rotatable bonds is 20. The van der Waals surface area contributed by atoms with Gasteiger partial charge in [-0.25, -0.2) is 4.79 Å². The van der Waals surface area contributed by atoms with Gasteiger partial charge >= 0.3 is 6.03 Å². The van der Waals surface area contributed by atoms with Gasteiger partial charge in [0, 0.05) is 13.1 Å². The summed E-state index contributed by atoms with van der Waals surface area (Å²) < 4.78 is 101. The van der Waals surface area contributed by atoms with Crippen molar-refractivity contribution in [3.8, 4) is 0 Å². The predicted octanol–water partition coefficient (Wildman–Crippen LogP) is -14.2. The standard InChI is InChI=1S/C17H38N2O31P6/c20-5-9(11(45-51(25,26)27)7(22)15(49-55(37,38)39)13(5)47-53(31,32)33)43-3-1-18-17(24)19-2-4-44-10-6(21)14(48-54(34,35)36)16(50-56(40,41)42)8(23)12(10)46-52(28,29)30/h5-16,20-23H,1-4H2,(H2,18,19,24)(H2,25,26,27)(H2,28,29,30)(H2,31,32,33)(H2,34,35,36)(H2,37,38,39)(H2,40,41,42)/p-12/t5-,6-,7-,8-,9+,10+,11-,12-,13+,14+,15+,16+/m1/s1. The van der Waals surface area contributed by atoms with Crippen molar-refractivity contribution in [1.82, 2.24) is 10.6 Å². The molecule has 2 aliphatic rings. The molecule has 0 aromatic heterocycles. The van der Waals surface area contributed by atoms with Crippen LogP contribution in [0.4, 0.5) is 4.79 Å². The van der Waals surface area contributed by atoms with Gasteiger partial charge < -0.3 is 154 Å². The molecule has 2 rings (SSSR count). The number of amides is 2. The summed E-state index contributed by atoms with van der Waals surface area (Å²) >= 11 is 0. The van der Waals surface area contributed by atoms with Gasteiger partial charge in [-0.2, -0.15) is 0 Å². The lowest BCUT2D eigenvalue weighted by molar-refractivity contribution is -0.372. The lowest BCUT2D eigenvalue weighted by Crippen LogP contribution is -2.66. The van der Waals surface area contributed by atoms with Crippen molar-refractivity contribution in [2.75, 3.05) is 26.3 Å². The van der Waals surface area contributed by atoms with E-state index in [0.29, 0.717) is 0 Å². The molecule has 0 aromatic carbocycles. The highest BCUT2D eigenvalue weighted by molar-refractivity contribution is 7.44. The number of phosphoric acid groups is 6. The second-order valence-corrected chi connectivity index (χ2v) is 17.6. The van der Waals surface area contributed by atoms with Crippen molar-refractivity contribution < 1.29 is 148 Å². The maximum absolute atomic E-state index is 12.2. The predicted molar refractivity (Wildman–Crippen MR) is 140 cm³/mol. The minimum absolute atomic E-state index is 0.742. The molecule has 2 saturated carbocycles. The molecule has 2 amide bonds. The third kappa shape index (κ3) is 17.7. The highest BCUT2D eigenvalue weighted by Gasteiger charge is 2.55. The number of nitrogens with one attached hydrogen (secondary N) is 2. The SMILES string of the molecule is O=C(NCCO[C@H]1[C@@H](O)[C@H](OP(=O)([O-])[O-])[C@@H](OP(=O)([O-])[O-])[C@H](O)[C@H]1OP(=O)([O-])[O-])NCCO[C@H]1[C@@H](O)[C@H](OP(=O)([O-])[O-])[C@@H](OP(=O)([O-])[O-])[C@H](O)[C@H]1OP(=O)([O-])[O-]. The monoisotopic (exact) mass is 940 g/mol. The van der Waals surface area contributed by atoms with Crippen molar-refractivity contribution in [2.45, 2.75) is 73.2 Å². The van der Waals surface area contributed by atoms with Crippen LogP contribution in [0, 0.1) is 0 Å². The maximum atomic E-state index is 12.2. The van der Waals surface area contributed by atoms with E-state index in [0.717, 1.165) is 0 Å². The smallest absolute Gasteiger partial charge is 0.314 e. The van der Waals surface area contributed by atoms with E-state index < -0.39 is 153 Å². The van der Waals surface area contributed by atoms with E-state index in [4.69, 9.17) is 9.47 Å². The van der Waals surface area contributed by atoms with Crippen LogP contribution in [-0.2, 0) is 64.0 Å². The minimum atomic E-state index is -6.26. The van der Waals surface area contributed by atoms with Gasteiger partial charge in [-0.1, -0.05) is 0 Å². The molecule has 0 spiro atoms. The molecule has 0 aromatic rings. The van der Waals surface area contributed by atoms with Crippen LogP contribution in [0.25, 0.3) is 0 Å². The molecule has 0 aliphatic heterocycles. The van der Waals surface area contributed by atoms with E-state index in [2.05, 4.69) is 27.1 Å². The number of urea groups is 1. The van der Waals surface area contributed by atoms with E-state index in [-0.39, 0.29) is 0 Å². The first-order valence-electron chi connectivity index (χ1n) is 14.3. The first-order chi connectivity index (χ1) is 25.1. The Morgan fingerprint density at radius 1 is 0.393 bits per heavy atom. The van der Waals surface area contributed by atoms with E-state index in [1.165, 1.54) is 0 Å². The van der Waals surface area contributed by atoms with Gasteiger partial charge in [0.15, 0.2) is 0 Å². The average Bonchev–Trinajstić information content (AvgIpc) is 2.97. The number of phosphoric ester groups is 6. The first-order valence-corrected chi connectivity index (χ1v) is 23.1. The zero-order chi connectivity index (χ0) is 43.4. The second kappa shape index (κ2) is 20.0. The molecule has 2 aliphatic carbocycles. The third-order valence-corrected chi connectivity index (χ3v) is 9.90. The zero-order valence-corrected chi connectivity index (χ0v) is 32.1. The third-order valence-electron chi connectivity index (χ3n) is 6.89. The van der Waals surface area contributed by atoms with E-state index >= 15 is 0 Å². The van der Waals surface area contributed by atoms with Crippen LogP contribution in [0.15, 0.2) is 0 Å². The van der Waals surface area contributed by atoms with Crippen LogP contribution >= 0.6 is 46.9 Å². The van der Waals surface area contributed by atoms with Gasteiger partial charge in [-0.3, -0.25) is 0 Å². The van der Waals surface area contributed by atoms with Crippen molar-refractivity contribution in [3.63, 3.8) is 0 Å².